The lowest BCUT2D eigenvalue weighted by atomic mass is 10.3. The normalized spacial score (nSPS) is 15.5. The van der Waals surface area contributed by atoms with Crippen LogP contribution in [0.4, 0.5) is 21.9 Å². The average Bonchev–Trinajstić information content (AvgIpc) is 3.08. The van der Waals surface area contributed by atoms with Crippen molar-refractivity contribution in [3.05, 3.63) is 29.7 Å². The van der Waals surface area contributed by atoms with Gasteiger partial charge < -0.3 is 20.0 Å². The highest BCUT2D eigenvalue weighted by Gasteiger charge is 2.25. The van der Waals surface area contributed by atoms with Crippen LogP contribution in [0.1, 0.15) is 5.69 Å². The third-order valence-corrected chi connectivity index (χ3v) is 4.43. The summed E-state index contributed by atoms with van der Waals surface area (Å²) in [5.74, 6) is 0.640. The molecule has 0 amide bonds. The molecule has 3 aromatic rings. The molecule has 0 atom stereocenters. The standard InChI is InChI=1S/C16H19FN6O/c1-10-14(18)15(21(2)20-10)22-5-7-23(8-6-22)16-19-12-9-11(17)3-4-13(12)24-16/h3-4,9H,5-8,18H2,1-2H3. The van der Waals surface area contributed by atoms with Crippen LogP contribution in [-0.4, -0.2) is 40.9 Å². The highest BCUT2D eigenvalue weighted by atomic mass is 19.1. The number of hydrogen-bond donors (Lipinski definition) is 1. The smallest absolute Gasteiger partial charge is 0.298 e. The number of rotatable bonds is 2. The number of nitrogens with two attached hydrogens (primary N) is 1. The van der Waals surface area contributed by atoms with Gasteiger partial charge in [0.25, 0.3) is 6.01 Å². The van der Waals surface area contributed by atoms with Crippen molar-refractivity contribution in [2.75, 3.05) is 41.7 Å². The molecule has 1 aliphatic heterocycles. The summed E-state index contributed by atoms with van der Waals surface area (Å²) in [6.07, 6.45) is 0. The molecule has 1 saturated heterocycles. The average molecular weight is 330 g/mol. The lowest BCUT2D eigenvalue weighted by Crippen LogP contribution is -2.47. The van der Waals surface area contributed by atoms with Crippen molar-refractivity contribution >= 4 is 28.6 Å². The molecule has 1 aromatic carbocycles. The first-order chi connectivity index (χ1) is 11.5. The zero-order valence-electron chi connectivity index (χ0n) is 13.7. The Labute approximate surface area is 138 Å². The molecule has 0 saturated carbocycles. The molecule has 0 bridgehead atoms. The maximum Gasteiger partial charge on any atom is 0.298 e. The number of anilines is 3. The molecule has 3 heterocycles. The Morgan fingerprint density at radius 3 is 2.54 bits per heavy atom. The first kappa shape index (κ1) is 14.8. The Morgan fingerprint density at radius 2 is 1.88 bits per heavy atom. The largest absolute Gasteiger partial charge is 0.423 e. The lowest BCUT2D eigenvalue weighted by molar-refractivity contribution is 0.537. The third kappa shape index (κ3) is 2.34. The number of benzene rings is 1. The Balaban J connectivity index is 1.53. The van der Waals surface area contributed by atoms with Crippen LogP contribution in [0, 0.1) is 12.7 Å². The number of nitrogen functional groups attached to an aromatic ring is 1. The SMILES string of the molecule is Cc1nn(C)c(N2CCN(c3nc4cc(F)ccc4o3)CC2)c1N. The van der Waals surface area contributed by atoms with Crippen LogP contribution in [0.3, 0.4) is 0 Å². The van der Waals surface area contributed by atoms with Crippen molar-refractivity contribution in [2.24, 2.45) is 7.05 Å². The minimum Gasteiger partial charge on any atom is -0.423 e. The monoisotopic (exact) mass is 330 g/mol. The second kappa shape index (κ2) is 5.40. The predicted octanol–water partition coefficient (Wildman–Crippen LogP) is 1.92. The first-order valence-corrected chi connectivity index (χ1v) is 7.88. The molecule has 2 aromatic heterocycles. The number of hydrogen-bond acceptors (Lipinski definition) is 6. The molecule has 0 aliphatic carbocycles. The Kier molecular flexibility index (Phi) is 3.33. The number of piperazine rings is 1. The van der Waals surface area contributed by atoms with Gasteiger partial charge in [0.05, 0.1) is 11.4 Å². The maximum atomic E-state index is 13.3. The highest BCUT2D eigenvalue weighted by molar-refractivity contribution is 5.74. The number of aromatic nitrogens is 3. The number of oxazole rings is 1. The van der Waals surface area contributed by atoms with E-state index in [2.05, 4.69) is 19.9 Å². The molecule has 0 unspecified atom stereocenters. The van der Waals surface area contributed by atoms with Gasteiger partial charge in [-0.3, -0.25) is 4.68 Å². The third-order valence-electron chi connectivity index (χ3n) is 4.43. The summed E-state index contributed by atoms with van der Waals surface area (Å²) >= 11 is 0. The van der Waals surface area contributed by atoms with Crippen LogP contribution in [0.25, 0.3) is 11.1 Å². The number of halogens is 1. The van der Waals surface area contributed by atoms with Crippen LogP contribution in [-0.2, 0) is 7.05 Å². The summed E-state index contributed by atoms with van der Waals surface area (Å²) in [6.45, 7) is 4.98. The van der Waals surface area contributed by atoms with Gasteiger partial charge in [-0.25, -0.2) is 4.39 Å². The zero-order valence-corrected chi connectivity index (χ0v) is 13.7. The van der Waals surface area contributed by atoms with Gasteiger partial charge in [0.1, 0.15) is 11.3 Å². The van der Waals surface area contributed by atoms with Crippen molar-refractivity contribution in [3.63, 3.8) is 0 Å². The number of fused-ring (bicyclic) bond motifs is 1. The van der Waals surface area contributed by atoms with E-state index in [1.807, 2.05) is 18.7 Å². The number of aryl methyl sites for hydroxylation is 2. The zero-order chi connectivity index (χ0) is 16.8. The van der Waals surface area contributed by atoms with E-state index in [0.29, 0.717) is 17.1 Å². The van der Waals surface area contributed by atoms with E-state index in [9.17, 15) is 4.39 Å². The van der Waals surface area contributed by atoms with Gasteiger partial charge in [0, 0.05) is 39.3 Å². The molecule has 126 valence electrons. The maximum absolute atomic E-state index is 13.3. The molecule has 0 radical (unpaired) electrons. The van der Waals surface area contributed by atoms with Crippen molar-refractivity contribution in [2.45, 2.75) is 6.92 Å². The van der Waals surface area contributed by atoms with Gasteiger partial charge in [0.15, 0.2) is 11.4 Å². The second-order valence-electron chi connectivity index (χ2n) is 6.03. The van der Waals surface area contributed by atoms with E-state index in [4.69, 9.17) is 10.2 Å². The Hall–Kier alpha value is -2.77. The fourth-order valence-corrected chi connectivity index (χ4v) is 3.17. The van der Waals surface area contributed by atoms with Crippen molar-refractivity contribution in [3.8, 4) is 0 Å². The Morgan fingerprint density at radius 1 is 1.17 bits per heavy atom. The summed E-state index contributed by atoms with van der Waals surface area (Å²) in [6, 6.07) is 4.90. The van der Waals surface area contributed by atoms with Crippen LogP contribution in [0.15, 0.2) is 22.6 Å². The first-order valence-electron chi connectivity index (χ1n) is 7.88. The lowest BCUT2D eigenvalue weighted by Gasteiger charge is -2.35. The summed E-state index contributed by atoms with van der Waals surface area (Å²) in [5.41, 5.74) is 8.85. The fraction of sp³-hybridized carbons (Fsp3) is 0.375. The van der Waals surface area contributed by atoms with E-state index < -0.39 is 0 Å². The minimum atomic E-state index is -0.311. The van der Waals surface area contributed by atoms with Crippen LogP contribution in [0.5, 0.6) is 0 Å². The van der Waals surface area contributed by atoms with Crippen molar-refractivity contribution in [1.29, 1.82) is 0 Å². The van der Waals surface area contributed by atoms with E-state index in [1.165, 1.54) is 12.1 Å². The van der Waals surface area contributed by atoms with Crippen LogP contribution in [0.2, 0.25) is 0 Å². The molecule has 4 rings (SSSR count). The number of nitrogens with zero attached hydrogens (tertiary/aromatic N) is 5. The molecule has 1 aliphatic rings. The molecule has 0 spiro atoms. The summed E-state index contributed by atoms with van der Waals surface area (Å²) in [7, 11) is 1.90. The summed E-state index contributed by atoms with van der Waals surface area (Å²) in [5, 5.41) is 4.37. The van der Waals surface area contributed by atoms with E-state index in [-0.39, 0.29) is 5.82 Å². The topological polar surface area (TPSA) is 76.4 Å². The van der Waals surface area contributed by atoms with E-state index >= 15 is 0 Å². The summed E-state index contributed by atoms with van der Waals surface area (Å²) < 4.78 is 20.8. The molecule has 8 heteroatoms. The van der Waals surface area contributed by atoms with E-state index in [0.717, 1.165) is 43.4 Å². The van der Waals surface area contributed by atoms with Crippen molar-refractivity contribution < 1.29 is 8.81 Å². The fourth-order valence-electron chi connectivity index (χ4n) is 3.17. The molecule has 2 N–H and O–H groups in total. The van der Waals surface area contributed by atoms with E-state index in [1.54, 1.807) is 6.07 Å². The molecular weight excluding hydrogens is 311 g/mol. The van der Waals surface area contributed by atoms with Gasteiger partial charge in [-0.15, -0.1) is 0 Å². The van der Waals surface area contributed by atoms with Crippen molar-refractivity contribution in [1.82, 2.24) is 14.8 Å². The quantitative estimate of drug-likeness (QED) is 0.773. The molecule has 1 fully saturated rings. The van der Waals surface area contributed by atoms with Gasteiger partial charge in [-0.05, 0) is 19.1 Å². The van der Waals surface area contributed by atoms with Gasteiger partial charge in [-0.1, -0.05) is 0 Å². The van der Waals surface area contributed by atoms with Gasteiger partial charge in [0.2, 0.25) is 0 Å². The summed E-state index contributed by atoms with van der Waals surface area (Å²) in [4.78, 5) is 8.67. The van der Waals surface area contributed by atoms with Crippen LogP contribution >= 0.6 is 0 Å². The minimum absolute atomic E-state index is 0.311. The molecular formula is C16H19FN6O. The molecule has 24 heavy (non-hydrogen) atoms. The van der Waals surface area contributed by atoms with Gasteiger partial charge >= 0.3 is 0 Å². The molecule has 7 nitrogen and oxygen atoms in total. The predicted molar refractivity (Wildman–Crippen MR) is 90.8 cm³/mol. The van der Waals surface area contributed by atoms with Crippen LogP contribution < -0.4 is 15.5 Å². The highest BCUT2D eigenvalue weighted by Crippen LogP contribution is 2.28. The van der Waals surface area contributed by atoms with Gasteiger partial charge in [-0.2, -0.15) is 10.1 Å². The Bertz CT molecular complexity index is 893. The second-order valence-corrected chi connectivity index (χ2v) is 6.03.